The second-order valence-corrected chi connectivity index (χ2v) is 5.74. The number of carbonyl (C=O) groups is 2. The maximum Gasteiger partial charge on any atom is 0.335 e. The van der Waals surface area contributed by atoms with Crippen LogP contribution in [0.1, 0.15) is 31.1 Å². The molecule has 104 valence electrons. The second kappa shape index (κ2) is 5.59. The van der Waals surface area contributed by atoms with Crippen LogP contribution in [0.25, 0.3) is 0 Å². The topological polar surface area (TPSA) is 92.4 Å². The van der Waals surface area contributed by atoms with Crippen molar-refractivity contribution in [1.29, 1.82) is 0 Å². The number of aromatic carboxylic acids is 1. The Morgan fingerprint density at radius 1 is 1.37 bits per heavy atom. The molecular weight excluding hydrogens is 268 g/mol. The van der Waals surface area contributed by atoms with Gasteiger partial charge in [0, 0.05) is 0 Å². The van der Waals surface area contributed by atoms with E-state index in [0.29, 0.717) is 0 Å². The van der Waals surface area contributed by atoms with Crippen LogP contribution >= 0.6 is 11.6 Å². The van der Waals surface area contributed by atoms with Gasteiger partial charge in [-0.05, 0) is 23.6 Å². The summed E-state index contributed by atoms with van der Waals surface area (Å²) in [6.07, 6.45) is 0. The normalized spacial score (nSPS) is 12.9. The first-order valence-electron chi connectivity index (χ1n) is 5.72. The van der Waals surface area contributed by atoms with Crippen LogP contribution < -0.4 is 11.1 Å². The second-order valence-electron chi connectivity index (χ2n) is 5.33. The highest BCUT2D eigenvalue weighted by Gasteiger charge is 2.27. The molecule has 6 heteroatoms. The molecule has 0 aromatic heterocycles. The van der Waals surface area contributed by atoms with Gasteiger partial charge in [0.25, 0.3) is 0 Å². The molecule has 0 radical (unpaired) electrons. The number of hydrogen-bond acceptors (Lipinski definition) is 3. The Kier molecular flexibility index (Phi) is 4.55. The first-order valence-corrected chi connectivity index (χ1v) is 6.10. The third-order valence-electron chi connectivity index (χ3n) is 2.69. The molecule has 0 saturated carbocycles. The first-order chi connectivity index (χ1) is 8.62. The van der Waals surface area contributed by atoms with Gasteiger partial charge in [0.1, 0.15) is 0 Å². The van der Waals surface area contributed by atoms with E-state index in [0.717, 1.165) is 0 Å². The monoisotopic (exact) mass is 284 g/mol. The third kappa shape index (κ3) is 3.94. The number of nitrogens with one attached hydrogen (secondary N) is 1. The zero-order valence-electron chi connectivity index (χ0n) is 11.0. The summed E-state index contributed by atoms with van der Waals surface area (Å²) in [4.78, 5) is 22.8. The Hall–Kier alpha value is -1.59. The minimum atomic E-state index is -1.09. The number of rotatable bonds is 3. The fourth-order valence-electron chi connectivity index (χ4n) is 1.36. The number of anilines is 1. The Labute approximate surface area is 116 Å². The lowest BCUT2D eigenvalue weighted by Gasteiger charge is -2.26. The predicted octanol–water partition coefficient (Wildman–Crippen LogP) is 2.35. The lowest BCUT2D eigenvalue weighted by Crippen LogP contribution is -2.45. The summed E-state index contributed by atoms with van der Waals surface area (Å²) in [5.41, 5.74) is 5.70. The largest absolute Gasteiger partial charge is 0.478 e. The third-order valence-corrected chi connectivity index (χ3v) is 3.02. The molecule has 1 aromatic carbocycles. The average molecular weight is 285 g/mol. The summed E-state index contributed by atoms with van der Waals surface area (Å²) < 4.78 is 0. The Morgan fingerprint density at radius 2 is 1.95 bits per heavy atom. The van der Waals surface area contributed by atoms with Crippen molar-refractivity contribution in [2.75, 3.05) is 5.32 Å². The molecule has 5 nitrogen and oxygen atoms in total. The summed E-state index contributed by atoms with van der Waals surface area (Å²) in [5.74, 6) is -1.50. The number of amides is 1. The van der Waals surface area contributed by atoms with Gasteiger partial charge in [0.15, 0.2) is 0 Å². The summed E-state index contributed by atoms with van der Waals surface area (Å²) >= 11 is 5.92. The maximum atomic E-state index is 12.0. The van der Waals surface area contributed by atoms with Crippen molar-refractivity contribution in [2.45, 2.75) is 26.8 Å². The van der Waals surface area contributed by atoms with Gasteiger partial charge in [-0.1, -0.05) is 32.4 Å². The minimum absolute atomic E-state index is 0.0454. The van der Waals surface area contributed by atoms with Crippen molar-refractivity contribution in [3.63, 3.8) is 0 Å². The maximum absolute atomic E-state index is 12.0. The van der Waals surface area contributed by atoms with Crippen LogP contribution in [-0.4, -0.2) is 23.0 Å². The van der Waals surface area contributed by atoms with Crippen LogP contribution in [0, 0.1) is 5.41 Å². The van der Waals surface area contributed by atoms with Crippen LogP contribution in [0.15, 0.2) is 18.2 Å². The van der Waals surface area contributed by atoms with E-state index >= 15 is 0 Å². The van der Waals surface area contributed by atoms with Crippen LogP contribution in [0.5, 0.6) is 0 Å². The van der Waals surface area contributed by atoms with Crippen LogP contribution in [0.3, 0.4) is 0 Å². The lowest BCUT2D eigenvalue weighted by molar-refractivity contribution is -0.119. The minimum Gasteiger partial charge on any atom is -0.478 e. The van der Waals surface area contributed by atoms with Crippen molar-refractivity contribution in [3.05, 3.63) is 28.8 Å². The fraction of sp³-hybridized carbons (Fsp3) is 0.385. The SMILES string of the molecule is CC(C)(C)C(N)C(=O)Nc1cc(C(=O)O)ccc1Cl. The molecule has 0 fully saturated rings. The van der Waals surface area contributed by atoms with Crippen LogP contribution in [0.4, 0.5) is 5.69 Å². The fourth-order valence-corrected chi connectivity index (χ4v) is 1.52. The zero-order valence-corrected chi connectivity index (χ0v) is 11.8. The molecule has 1 unspecified atom stereocenters. The summed E-state index contributed by atoms with van der Waals surface area (Å²) in [5, 5.41) is 11.7. The van der Waals surface area contributed by atoms with Crippen molar-refractivity contribution in [1.82, 2.24) is 0 Å². The summed E-state index contributed by atoms with van der Waals surface area (Å²) in [6, 6.07) is 3.36. The van der Waals surface area contributed by atoms with Crippen LogP contribution in [0.2, 0.25) is 5.02 Å². The van der Waals surface area contributed by atoms with Gasteiger partial charge in [-0.2, -0.15) is 0 Å². The molecule has 1 rings (SSSR count). The Morgan fingerprint density at radius 3 is 2.42 bits per heavy atom. The molecule has 0 aliphatic carbocycles. The number of nitrogens with two attached hydrogens (primary N) is 1. The number of halogens is 1. The lowest BCUT2D eigenvalue weighted by atomic mass is 9.87. The highest BCUT2D eigenvalue weighted by Crippen LogP contribution is 2.25. The molecule has 0 heterocycles. The molecule has 4 N–H and O–H groups in total. The van der Waals surface area contributed by atoms with Crippen molar-refractivity contribution in [3.8, 4) is 0 Å². The number of carboxylic acid groups (broad SMARTS) is 1. The number of hydrogen-bond donors (Lipinski definition) is 3. The standard InChI is InChI=1S/C13H17ClN2O3/c1-13(2,3)10(15)11(17)16-9-6-7(12(18)19)4-5-8(9)14/h4-6,10H,15H2,1-3H3,(H,16,17)(H,18,19). The molecule has 0 saturated heterocycles. The molecule has 0 bridgehead atoms. The molecule has 0 spiro atoms. The highest BCUT2D eigenvalue weighted by atomic mass is 35.5. The van der Waals surface area contributed by atoms with E-state index in [-0.39, 0.29) is 16.3 Å². The van der Waals surface area contributed by atoms with E-state index in [4.69, 9.17) is 22.4 Å². The van der Waals surface area contributed by atoms with Crippen molar-refractivity contribution < 1.29 is 14.7 Å². The van der Waals surface area contributed by atoms with E-state index < -0.39 is 23.3 Å². The molecule has 0 aliphatic heterocycles. The van der Waals surface area contributed by atoms with Crippen LogP contribution in [-0.2, 0) is 4.79 Å². The highest BCUT2D eigenvalue weighted by molar-refractivity contribution is 6.33. The summed E-state index contributed by atoms with van der Waals surface area (Å²) in [6.45, 7) is 5.52. The molecule has 19 heavy (non-hydrogen) atoms. The van der Waals surface area contributed by atoms with E-state index in [2.05, 4.69) is 5.32 Å². The number of carboxylic acids is 1. The van der Waals surface area contributed by atoms with Crippen molar-refractivity contribution >= 4 is 29.2 Å². The van der Waals surface area contributed by atoms with Crippen molar-refractivity contribution in [2.24, 2.45) is 11.1 Å². The van der Waals surface area contributed by atoms with Gasteiger partial charge in [0.2, 0.25) is 5.91 Å². The molecule has 1 aromatic rings. The molecule has 1 atom stereocenters. The summed E-state index contributed by atoms with van der Waals surface area (Å²) in [7, 11) is 0. The Bertz CT molecular complexity index is 509. The van der Waals surface area contributed by atoms with E-state index in [1.165, 1.54) is 18.2 Å². The molecule has 0 aliphatic rings. The van der Waals surface area contributed by atoms with Gasteiger partial charge in [0.05, 0.1) is 22.3 Å². The Balaban J connectivity index is 2.96. The van der Waals surface area contributed by atoms with Gasteiger partial charge in [-0.15, -0.1) is 0 Å². The number of benzene rings is 1. The average Bonchev–Trinajstić information content (AvgIpc) is 2.29. The van der Waals surface area contributed by atoms with E-state index in [1.807, 2.05) is 20.8 Å². The quantitative estimate of drug-likeness (QED) is 0.794. The van der Waals surface area contributed by atoms with Gasteiger partial charge in [-0.25, -0.2) is 4.79 Å². The predicted molar refractivity (Wildman–Crippen MR) is 74.5 cm³/mol. The van der Waals surface area contributed by atoms with Gasteiger partial charge in [-0.3, -0.25) is 4.79 Å². The smallest absolute Gasteiger partial charge is 0.335 e. The zero-order chi connectivity index (χ0) is 14.8. The first kappa shape index (κ1) is 15.5. The van der Waals surface area contributed by atoms with E-state index in [1.54, 1.807) is 0 Å². The van der Waals surface area contributed by atoms with E-state index in [9.17, 15) is 9.59 Å². The van der Waals surface area contributed by atoms with Gasteiger partial charge >= 0.3 is 5.97 Å². The van der Waals surface area contributed by atoms with Gasteiger partial charge < -0.3 is 16.2 Å². The number of carbonyl (C=O) groups excluding carboxylic acids is 1. The molecule has 1 amide bonds. The molecular formula is C13H17ClN2O3.